The van der Waals surface area contributed by atoms with E-state index in [1.807, 2.05) is 0 Å². The predicted octanol–water partition coefficient (Wildman–Crippen LogP) is 4.56. The molecule has 176 valence electrons. The minimum atomic E-state index is -3.73. The van der Waals surface area contributed by atoms with Crippen LogP contribution in [0, 0.1) is 11.8 Å². The molecule has 0 radical (unpaired) electrons. The Morgan fingerprint density at radius 2 is 1.00 bits per heavy atom. The van der Waals surface area contributed by atoms with Gasteiger partial charge >= 0.3 is 0 Å². The minimum absolute atomic E-state index is 0.129. The first-order valence-corrected chi connectivity index (χ1v) is 14.8. The van der Waals surface area contributed by atoms with Crippen molar-refractivity contribution < 1.29 is 16.8 Å². The van der Waals surface area contributed by atoms with Gasteiger partial charge in [0.15, 0.2) is 0 Å². The fourth-order valence-corrected chi connectivity index (χ4v) is 7.80. The number of fused-ring (bicyclic) bond motifs is 1. The van der Waals surface area contributed by atoms with Gasteiger partial charge in [0, 0.05) is 23.9 Å². The highest BCUT2D eigenvalue weighted by atomic mass is 32.2. The summed E-state index contributed by atoms with van der Waals surface area (Å²) >= 11 is 0. The normalized spacial score (nSPS) is 18.6. The molecule has 2 aliphatic rings. The SMILES string of the molecule is O=S(=O)(NCCC1CCCC1)c1cccc2c(S(=O)(=O)NCCC3CCCC3)cccc12. The molecule has 4 rings (SSSR count). The third kappa shape index (κ3) is 5.53. The Morgan fingerprint density at radius 3 is 1.38 bits per heavy atom. The Bertz CT molecular complexity index is 1040. The van der Waals surface area contributed by atoms with Gasteiger partial charge in [0.2, 0.25) is 20.0 Å². The zero-order valence-corrected chi connectivity index (χ0v) is 20.2. The third-order valence-electron chi connectivity index (χ3n) is 7.06. The maximum Gasteiger partial charge on any atom is 0.241 e. The van der Waals surface area contributed by atoms with Crippen molar-refractivity contribution in [1.29, 1.82) is 0 Å². The van der Waals surface area contributed by atoms with Gasteiger partial charge in [-0.25, -0.2) is 26.3 Å². The second kappa shape index (κ2) is 10.2. The quantitative estimate of drug-likeness (QED) is 0.524. The van der Waals surface area contributed by atoms with Crippen LogP contribution in [-0.4, -0.2) is 29.9 Å². The monoisotopic (exact) mass is 478 g/mol. The van der Waals surface area contributed by atoms with Gasteiger partial charge in [0.05, 0.1) is 9.79 Å². The molecule has 2 fully saturated rings. The molecule has 2 aromatic carbocycles. The largest absolute Gasteiger partial charge is 0.241 e. The molecule has 0 atom stereocenters. The van der Waals surface area contributed by atoms with Crippen molar-refractivity contribution in [3.63, 3.8) is 0 Å². The number of hydrogen-bond donors (Lipinski definition) is 2. The molecule has 2 aliphatic carbocycles. The van der Waals surface area contributed by atoms with Crippen LogP contribution in [0.1, 0.15) is 64.2 Å². The predicted molar refractivity (Wildman–Crippen MR) is 127 cm³/mol. The number of rotatable bonds is 10. The van der Waals surface area contributed by atoms with Crippen LogP contribution < -0.4 is 9.44 Å². The molecule has 2 aromatic rings. The van der Waals surface area contributed by atoms with E-state index in [0.29, 0.717) is 35.7 Å². The van der Waals surface area contributed by atoms with E-state index < -0.39 is 20.0 Å². The first-order valence-electron chi connectivity index (χ1n) is 11.9. The fraction of sp³-hybridized carbons (Fsp3) is 0.583. The van der Waals surface area contributed by atoms with E-state index in [-0.39, 0.29) is 9.79 Å². The van der Waals surface area contributed by atoms with Gasteiger partial charge in [0.25, 0.3) is 0 Å². The van der Waals surface area contributed by atoms with Crippen LogP contribution >= 0.6 is 0 Å². The molecule has 6 nitrogen and oxygen atoms in total. The summed E-state index contributed by atoms with van der Waals surface area (Å²) < 4.78 is 57.5. The fourth-order valence-electron chi connectivity index (χ4n) is 5.27. The second-order valence-electron chi connectivity index (χ2n) is 9.28. The Hall–Kier alpha value is -1.48. The minimum Gasteiger partial charge on any atom is -0.211 e. The highest BCUT2D eigenvalue weighted by molar-refractivity contribution is 7.90. The number of sulfonamides is 2. The molecule has 32 heavy (non-hydrogen) atoms. The summed E-state index contributed by atoms with van der Waals surface area (Å²) in [5.41, 5.74) is 0. The van der Waals surface area contributed by atoms with Gasteiger partial charge in [-0.2, -0.15) is 0 Å². The molecular weight excluding hydrogens is 444 g/mol. The van der Waals surface area contributed by atoms with E-state index in [4.69, 9.17) is 0 Å². The lowest BCUT2D eigenvalue weighted by molar-refractivity contribution is 0.495. The van der Waals surface area contributed by atoms with Crippen LogP contribution in [0.2, 0.25) is 0 Å². The molecule has 0 bridgehead atoms. The molecule has 0 unspecified atom stereocenters. The average Bonchev–Trinajstić information content (AvgIpc) is 3.47. The molecule has 2 N–H and O–H groups in total. The molecule has 0 aliphatic heterocycles. The van der Waals surface area contributed by atoms with Crippen LogP contribution in [0.25, 0.3) is 10.8 Å². The van der Waals surface area contributed by atoms with E-state index in [1.165, 1.54) is 51.4 Å². The van der Waals surface area contributed by atoms with Crippen molar-refractivity contribution in [2.75, 3.05) is 13.1 Å². The molecule has 0 aromatic heterocycles. The lowest BCUT2D eigenvalue weighted by Gasteiger charge is -2.14. The van der Waals surface area contributed by atoms with Crippen LogP contribution in [0.3, 0.4) is 0 Å². The van der Waals surface area contributed by atoms with Gasteiger partial charge < -0.3 is 0 Å². The van der Waals surface area contributed by atoms with Gasteiger partial charge in [-0.1, -0.05) is 75.6 Å². The molecule has 2 saturated carbocycles. The molecule has 0 spiro atoms. The van der Waals surface area contributed by atoms with E-state index in [0.717, 1.165) is 12.8 Å². The van der Waals surface area contributed by atoms with Gasteiger partial charge in [0.1, 0.15) is 0 Å². The lowest BCUT2D eigenvalue weighted by Crippen LogP contribution is -2.27. The van der Waals surface area contributed by atoms with Crippen LogP contribution in [0.5, 0.6) is 0 Å². The zero-order valence-electron chi connectivity index (χ0n) is 18.6. The summed E-state index contributed by atoms with van der Waals surface area (Å²) in [6.07, 6.45) is 11.3. The summed E-state index contributed by atoms with van der Waals surface area (Å²) in [5.74, 6) is 1.19. The Labute approximate surface area is 192 Å². The molecule has 8 heteroatoms. The summed E-state index contributed by atoms with van der Waals surface area (Å²) in [6, 6.07) is 9.68. The Kier molecular flexibility index (Phi) is 7.54. The van der Waals surface area contributed by atoms with Crippen LogP contribution in [0.4, 0.5) is 0 Å². The van der Waals surface area contributed by atoms with E-state index >= 15 is 0 Å². The average molecular weight is 479 g/mol. The second-order valence-corrected chi connectivity index (χ2v) is 12.8. The standard InChI is InChI=1S/C24H34N2O4S2/c27-31(28,25-17-15-19-7-1-2-8-19)23-13-5-12-22-21(23)11-6-14-24(22)32(29,30)26-18-16-20-9-3-4-10-20/h5-6,11-14,19-20,25-26H,1-4,7-10,15-18H2. The van der Waals surface area contributed by atoms with Gasteiger partial charge in [-0.3, -0.25) is 0 Å². The number of benzene rings is 2. The first-order chi connectivity index (χ1) is 15.4. The highest BCUT2D eigenvalue weighted by Crippen LogP contribution is 2.30. The maximum absolute atomic E-state index is 13.0. The van der Waals surface area contributed by atoms with Crippen molar-refractivity contribution in [2.45, 2.75) is 74.0 Å². The summed E-state index contributed by atoms with van der Waals surface area (Å²) in [5, 5.41) is 0.860. The van der Waals surface area contributed by atoms with Crippen molar-refractivity contribution >= 4 is 30.8 Å². The Morgan fingerprint density at radius 1 is 0.625 bits per heavy atom. The molecule has 0 saturated heterocycles. The van der Waals surface area contributed by atoms with E-state index in [1.54, 1.807) is 36.4 Å². The van der Waals surface area contributed by atoms with Crippen LogP contribution in [-0.2, 0) is 20.0 Å². The lowest BCUT2D eigenvalue weighted by atomic mass is 10.1. The van der Waals surface area contributed by atoms with Crippen molar-refractivity contribution in [1.82, 2.24) is 9.44 Å². The highest BCUT2D eigenvalue weighted by Gasteiger charge is 2.23. The summed E-state index contributed by atoms with van der Waals surface area (Å²) in [7, 11) is -7.47. The molecular formula is C24H34N2O4S2. The van der Waals surface area contributed by atoms with Gasteiger partial charge in [-0.05, 0) is 36.8 Å². The van der Waals surface area contributed by atoms with Crippen molar-refractivity contribution in [2.24, 2.45) is 11.8 Å². The number of nitrogens with one attached hydrogen (secondary N) is 2. The molecule has 0 amide bonds. The van der Waals surface area contributed by atoms with E-state index in [9.17, 15) is 16.8 Å². The van der Waals surface area contributed by atoms with Crippen molar-refractivity contribution in [3.8, 4) is 0 Å². The smallest absolute Gasteiger partial charge is 0.211 e. The van der Waals surface area contributed by atoms with Crippen LogP contribution in [0.15, 0.2) is 46.2 Å². The first kappa shape index (κ1) is 23.7. The molecule has 0 heterocycles. The summed E-state index contributed by atoms with van der Waals surface area (Å²) in [6.45, 7) is 0.814. The Balaban J connectivity index is 1.52. The topological polar surface area (TPSA) is 92.3 Å². The zero-order chi connectivity index (χ0) is 22.6. The maximum atomic E-state index is 13.0. The summed E-state index contributed by atoms with van der Waals surface area (Å²) in [4.78, 5) is 0.258. The third-order valence-corrected chi connectivity index (χ3v) is 10.1. The van der Waals surface area contributed by atoms with E-state index in [2.05, 4.69) is 9.44 Å². The number of hydrogen-bond acceptors (Lipinski definition) is 4. The van der Waals surface area contributed by atoms with Gasteiger partial charge in [-0.15, -0.1) is 0 Å². The van der Waals surface area contributed by atoms with Crippen molar-refractivity contribution in [3.05, 3.63) is 36.4 Å².